The van der Waals surface area contributed by atoms with Gasteiger partial charge in [0.1, 0.15) is 0 Å². The van der Waals surface area contributed by atoms with Gasteiger partial charge in [-0.1, -0.05) is 286 Å². The topological polar surface area (TPSA) is 0 Å². The Morgan fingerprint density at radius 2 is 0.542 bits per heavy atom. The van der Waals surface area contributed by atoms with Crippen LogP contribution in [-0.4, -0.2) is 0 Å². The Balaban J connectivity index is 0.000000354. The Bertz CT molecular complexity index is 2620. The minimum Gasteiger partial charge on any atom is -0.0625 e. The van der Waals surface area contributed by atoms with Crippen molar-refractivity contribution in [3.05, 3.63) is 103 Å². The molecule has 12 atom stereocenters. The van der Waals surface area contributed by atoms with E-state index in [9.17, 15) is 0 Å². The fourth-order valence-corrected chi connectivity index (χ4v) is 20.6. The first-order chi connectivity index (χ1) is 43.7. The summed E-state index contributed by atoms with van der Waals surface area (Å²) < 4.78 is 0. The number of hydrogen-bond donors (Lipinski definition) is 0. The lowest BCUT2D eigenvalue weighted by Gasteiger charge is -2.58. The fraction of sp³-hybridized carbons (Fsp3) is 0.812. The summed E-state index contributed by atoms with van der Waals surface area (Å²) in [5.74, 6) is 16.7. The van der Waals surface area contributed by atoms with Crippen LogP contribution in [0.15, 0.2) is 36.4 Å². The maximum absolute atomic E-state index is 2.70. The minimum atomic E-state index is 0.102. The van der Waals surface area contributed by atoms with E-state index in [2.05, 4.69) is 300 Å². The highest BCUT2D eigenvalue weighted by Gasteiger charge is 2.54. The molecule has 96 heavy (non-hydrogen) atoms. The van der Waals surface area contributed by atoms with E-state index >= 15 is 0 Å². The van der Waals surface area contributed by atoms with Crippen molar-refractivity contribution < 1.29 is 0 Å². The molecule has 4 aliphatic rings. The maximum Gasteiger partial charge on any atom is -0.00201 e. The Morgan fingerprint density at radius 3 is 0.750 bits per heavy atom. The van der Waals surface area contributed by atoms with Crippen LogP contribution >= 0.6 is 0 Å². The highest BCUT2D eigenvalue weighted by molar-refractivity contribution is 5.49. The molecule has 7 rings (SSSR count). The molecular formula is C96H166. The lowest BCUT2D eigenvalue weighted by Crippen LogP contribution is -2.50. The largest absolute Gasteiger partial charge is 0.0625 e. The molecule has 8 bridgehead atoms. The summed E-state index contributed by atoms with van der Waals surface area (Å²) in [5.41, 5.74) is 20.1. The molecule has 3 fully saturated rings. The average Bonchev–Trinajstić information content (AvgIpc) is 0.744. The molecule has 3 saturated carbocycles. The molecule has 0 saturated heterocycles. The van der Waals surface area contributed by atoms with Crippen LogP contribution in [0.1, 0.15) is 397 Å². The summed E-state index contributed by atoms with van der Waals surface area (Å²) in [6, 6.07) is 15.6. The third-order valence-corrected chi connectivity index (χ3v) is 28.4. The fourth-order valence-electron chi connectivity index (χ4n) is 20.6. The third-order valence-electron chi connectivity index (χ3n) is 28.4. The van der Waals surface area contributed by atoms with E-state index in [-0.39, 0.29) is 21.7 Å². The van der Waals surface area contributed by atoms with Crippen LogP contribution in [0.2, 0.25) is 0 Å². The lowest BCUT2D eigenvalue weighted by atomic mass is 9.47. The molecule has 8 unspecified atom stereocenters. The molecule has 0 heterocycles. The van der Waals surface area contributed by atoms with Crippen LogP contribution in [-0.2, 0) is 30.1 Å². The van der Waals surface area contributed by atoms with Gasteiger partial charge in [0.25, 0.3) is 0 Å². The van der Waals surface area contributed by atoms with Crippen molar-refractivity contribution >= 4 is 0 Å². The summed E-state index contributed by atoms with van der Waals surface area (Å²) >= 11 is 0. The van der Waals surface area contributed by atoms with E-state index in [4.69, 9.17) is 0 Å². The van der Waals surface area contributed by atoms with Crippen molar-refractivity contribution in [2.45, 2.75) is 375 Å². The summed E-state index contributed by atoms with van der Waals surface area (Å²) in [7, 11) is 0. The predicted octanol–water partition coefficient (Wildman–Crippen LogP) is 29.8. The molecule has 0 N–H and O–H groups in total. The molecule has 0 aromatic heterocycles. The Hall–Kier alpha value is -2.34. The molecule has 4 aliphatic carbocycles. The van der Waals surface area contributed by atoms with E-state index in [1.54, 1.807) is 33.4 Å². The summed E-state index contributed by atoms with van der Waals surface area (Å²) in [6.07, 6.45) is 16.3. The first-order valence-electron chi connectivity index (χ1n) is 41.2. The van der Waals surface area contributed by atoms with Crippen LogP contribution < -0.4 is 0 Å². The molecule has 0 amide bonds. The SMILES string of the molecule is CC(C)[C@H]1CC[C@@H](C(C)C)[C@@H](C(C)C)CC[C@H]1C(C)C.CC(C)c1cc(C(C)C)c(C(C)C)cc1C(C)C.Cc1c2cc(C(C)(C)C)cc1CC1CC(C(C)(C)C)CC(CC3CC(C(C)(C)C)CC(Cc4cc(C(C)(C)C)cc(c4C)C2)C3C(C)(C)C(C)C)C1C(C)(C)C(C)C. The second-order valence-electron chi connectivity index (χ2n) is 42.8. The van der Waals surface area contributed by atoms with E-state index in [1.807, 2.05) is 0 Å². The second-order valence-corrected chi connectivity index (χ2v) is 42.8. The van der Waals surface area contributed by atoms with E-state index in [0.29, 0.717) is 70.0 Å². The highest BCUT2D eigenvalue weighted by atomic mass is 14.6. The zero-order chi connectivity index (χ0) is 73.4. The minimum absolute atomic E-state index is 0.102. The zero-order valence-electron chi connectivity index (χ0n) is 71.7. The average molecular weight is 1320 g/mol. The van der Waals surface area contributed by atoms with Crippen molar-refractivity contribution in [1.82, 2.24) is 0 Å². The van der Waals surface area contributed by atoms with E-state index in [0.717, 1.165) is 77.4 Å². The zero-order valence-corrected chi connectivity index (χ0v) is 71.7. The third kappa shape index (κ3) is 20.5. The van der Waals surface area contributed by atoms with Gasteiger partial charge in [-0.3, -0.25) is 0 Å². The number of hydrogen-bond acceptors (Lipinski definition) is 0. The van der Waals surface area contributed by atoms with Gasteiger partial charge < -0.3 is 0 Å². The first kappa shape index (κ1) is 84.3. The van der Waals surface area contributed by atoms with E-state index < -0.39 is 0 Å². The molecule has 0 spiro atoms. The molecule has 0 radical (unpaired) electrons. The lowest BCUT2D eigenvalue weighted by molar-refractivity contribution is -0.0812. The molecule has 0 heteroatoms. The van der Waals surface area contributed by atoms with Gasteiger partial charge in [0.05, 0.1) is 0 Å². The van der Waals surface area contributed by atoms with Crippen LogP contribution in [0.5, 0.6) is 0 Å². The number of rotatable bonds is 12. The normalized spacial score (nSPS) is 26.2. The van der Waals surface area contributed by atoms with Gasteiger partial charge in [0.2, 0.25) is 0 Å². The van der Waals surface area contributed by atoms with Crippen molar-refractivity contribution in [3.8, 4) is 0 Å². The van der Waals surface area contributed by atoms with Crippen LogP contribution in [0, 0.1) is 142 Å². The number of fused-ring (bicyclic) bond motifs is 8. The van der Waals surface area contributed by atoms with Gasteiger partial charge in [0, 0.05) is 0 Å². The van der Waals surface area contributed by atoms with Crippen molar-refractivity contribution in [2.24, 2.45) is 128 Å². The van der Waals surface area contributed by atoms with Crippen LogP contribution in [0.25, 0.3) is 0 Å². The van der Waals surface area contributed by atoms with Gasteiger partial charge in [-0.2, -0.15) is 0 Å². The van der Waals surface area contributed by atoms with Gasteiger partial charge in [-0.15, -0.1) is 0 Å². The van der Waals surface area contributed by atoms with Crippen molar-refractivity contribution in [3.63, 3.8) is 0 Å². The standard InChI is InChI=1S/C58H96.C20H40.C18H30/c1-35(2)57(19,20)51-43-24-41-29-47(53(7,8)9)27-39(37(41)5)23-40-28-48(54(10,11)12)30-42(38(40)6)25-44-32-50(56(16,17)18)34-46(52(44)58(21,22)36(3)4)26-45(51)33-49(31-43)55(13,14)15;1-13(2)17-9-10-19(15(5)6)20(16(7)8)12-11-18(17)14(3)4;1-11(2)15-9-17(13(5)6)18(14(7)8)10-16(15)12(3)4/h27-30,35-36,43-46,49-52H,23-26,31-34H2,1-22H3;13-20H,9-12H2,1-8H3;9-14H,1-8H3/t;17-,18+,19+,20-;. The van der Waals surface area contributed by atoms with E-state index in [1.165, 1.54) is 104 Å². The van der Waals surface area contributed by atoms with Crippen molar-refractivity contribution in [2.75, 3.05) is 0 Å². The molecule has 0 nitrogen and oxygen atoms in total. The predicted molar refractivity (Wildman–Crippen MR) is 432 cm³/mol. The number of benzene rings is 3. The van der Waals surface area contributed by atoms with Crippen LogP contribution in [0.4, 0.5) is 0 Å². The molecular weight excluding hydrogens is 1150 g/mol. The second kappa shape index (κ2) is 33.0. The highest BCUT2D eigenvalue weighted by Crippen LogP contribution is 2.61. The van der Waals surface area contributed by atoms with Crippen LogP contribution in [0.3, 0.4) is 0 Å². The quantitative estimate of drug-likeness (QED) is 0.170. The van der Waals surface area contributed by atoms with Gasteiger partial charge in [-0.05, 0) is 320 Å². The molecule has 0 aliphatic heterocycles. The first-order valence-corrected chi connectivity index (χ1v) is 41.2. The van der Waals surface area contributed by atoms with Crippen molar-refractivity contribution in [1.29, 1.82) is 0 Å². The Labute approximate surface area is 602 Å². The Morgan fingerprint density at radius 1 is 0.302 bits per heavy atom. The summed E-state index contributed by atoms with van der Waals surface area (Å²) in [5, 5.41) is 0. The smallest absolute Gasteiger partial charge is 0.00201 e. The molecule has 3 aromatic rings. The monoisotopic (exact) mass is 1320 g/mol. The summed E-state index contributed by atoms with van der Waals surface area (Å²) in [6.45, 7) is 94.2. The van der Waals surface area contributed by atoms with Gasteiger partial charge in [0.15, 0.2) is 0 Å². The van der Waals surface area contributed by atoms with Gasteiger partial charge >= 0.3 is 0 Å². The maximum atomic E-state index is 2.70. The molecule has 550 valence electrons. The van der Waals surface area contributed by atoms with Gasteiger partial charge in [-0.25, -0.2) is 0 Å². The summed E-state index contributed by atoms with van der Waals surface area (Å²) in [4.78, 5) is 0. The molecule has 3 aromatic carbocycles. The Kier molecular flexibility index (Phi) is 29.0.